The van der Waals surface area contributed by atoms with Gasteiger partial charge in [-0.2, -0.15) is 0 Å². The van der Waals surface area contributed by atoms with E-state index in [1.807, 2.05) is 31.2 Å². The lowest BCUT2D eigenvalue weighted by Crippen LogP contribution is -2.31. The Morgan fingerprint density at radius 2 is 2.20 bits per heavy atom. The molecular weight excluding hydrogens is 384 g/mol. The average molecular weight is 417 g/mol. The van der Waals surface area contributed by atoms with Crippen LogP contribution in [-0.2, 0) is 16.0 Å². The van der Waals surface area contributed by atoms with E-state index in [2.05, 4.69) is 6.58 Å². The number of carboxylic acid groups (broad SMARTS) is 1. The number of hydrogen-bond donors (Lipinski definition) is 3. The Bertz CT molecular complexity index is 792. The van der Waals surface area contributed by atoms with E-state index in [4.69, 9.17) is 14.6 Å². The first-order valence-electron chi connectivity index (χ1n) is 11.0. The topological polar surface area (TPSA) is 99.5 Å². The Hall–Kier alpha value is -1.89. The van der Waals surface area contributed by atoms with Gasteiger partial charge in [-0.15, -0.1) is 6.58 Å². The van der Waals surface area contributed by atoms with Gasteiger partial charge in [0.25, 0.3) is 0 Å². The Balaban J connectivity index is 1.47. The van der Waals surface area contributed by atoms with Gasteiger partial charge in [0.15, 0.2) is 0 Å². The third-order valence-electron chi connectivity index (χ3n) is 7.01. The van der Waals surface area contributed by atoms with E-state index in [9.17, 15) is 15.0 Å². The minimum absolute atomic E-state index is 0.0418. The van der Waals surface area contributed by atoms with Gasteiger partial charge in [0, 0.05) is 30.2 Å². The highest BCUT2D eigenvalue weighted by atomic mass is 16.6. The molecule has 0 spiro atoms. The smallest absolute Gasteiger partial charge is 0.303 e. The highest BCUT2D eigenvalue weighted by molar-refractivity contribution is 5.66. The highest BCUT2D eigenvalue weighted by Gasteiger charge is 2.61. The largest absolute Gasteiger partial charge is 0.489 e. The monoisotopic (exact) mass is 416 g/mol. The van der Waals surface area contributed by atoms with Gasteiger partial charge in [0.1, 0.15) is 18.0 Å². The first-order valence-corrected chi connectivity index (χ1v) is 11.0. The fourth-order valence-corrected chi connectivity index (χ4v) is 5.37. The second kappa shape index (κ2) is 8.69. The van der Waals surface area contributed by atoms with Crippen LogP contribution in [0.2, 0.25) is 0 Å². The molecule has 8 atom stereocenters. The van der Waals surface area contributed by atoms with E-state index < -0.39 is 18.2 Å². The van der Waals surface area contributed by atoms with E-state index in [1.54, 1.807) is 0 Å². The Morgan fingerprint density at radius 1 is 1.40 bits per heavy atom. The molecule has 6 nitrogen and oxygen atoms in total. The number of fused-ring (bicyclic) bond motifs is 3. The van der Waals surface area contributed by atoms with Crippen LogP contribution in [0.5, 0.6) is 5.75 Å². The first kappa shape index (κ1) is 21.3. The minimum atomic E-state index is -0.790. The van der Waals surface area contributed by atoms with Crippen LogP contribution in [0.4, 0.5) is 0 Å². The van der Waals surface area contributed by atoms with Gasteiger partial charge < -0.3 is 24.8 Å². The predicted molar refractivity (Wildman–Crippen MR) is 112 cm³/mol. The third-order valence-corrected chi connectivity index (χ3v) is 7.01. The number of para-hydroxylation sites is 1. The molecule has 1 saturated heterocycles. The van der Waals surface area contributed by atoms with Gasteiger partial charge >= 0.3 is 5.97 Å². The molecule has 2 aliphatic heterocycles. The Labute approximate surface area is 177 Å². The van der Waals surface area contributed by atoms with Crippen molar-refractivity contribution in [3.63, 3.8) is 0 Å². The number of benzene rings is 1. The molecule has 2 heterocycles. The number of rotatable bonds is 10. The average Bonchev–Trinajstić information content (AvgIpc) is 3.31. The molecule has 6 heteroatoms. The summed E-state index contributed by atoms with van der Waals surface area (Å²) in [6, 6.07) is 6.03. The van der Waals surface area contributed by atoms with E-state index in [1.165, 1.54) is 0 Å². The maximum Gasteiger partial charge on any atom is 0.303 e. The number of aryl methyl sites for hydroxylation is 1. The zero-order valence-electron chi connectivity index (χ0n) is 17.4. The highest BCUT2D eigenvalue weighted by Crippen LogP contribution is 2.56. The minimum Gasteiger partial charge on any atom is -0.489 e. The van der Waals surface area contributed by atoms with Crippen LogP contribution in [-0.4, -0.2) is 51.8 Å². The van der Waals surface area contributed by atoms with Crippen LogP contribution >= 0.6 is 0 Å². The van der Waals surface area contributed by atoms with Crippen molar-refractivity contribution >= 4 is 5.97 Å². The van der Waals surface area contributed by atoms with Crippen molar-refractivity contribution in [1.82, 2.24) is 0 Å². The second-order valence-electron chi connectivity index (χ2n) is 9.04. The molecule has 0 radical (unpaired) electrons. The fourth-order valence-electron chi connectivity index (χ4n) is 5.37. The Morgan fingerprint density at radius 3 is 2.93 bits per heavy atom. The van der Waals surface area contributed by atoms with E-state index in [-0.39, 0.29) is 42.5 Å². The van der Waals surface area contributed by atoms with Crippen molar-refractivity contribution in [2.45, 2.75) is 81.9 Å². The zero-order chi connectivity index (χ0) is 21.4. The van der Waals surface area contributed by atoms with Gasteiger partial charge in [-0.3, -0.25) is 4.79 Å². The van der Waals surface area contributed by atoms with Crippen molar-refractivity contribution in [1.29, 1.82) is 0 Å². The maximum atomic E-state index is 10.8. The van der Waals surface area contributed by atoms with Crippen LogP contribution in [0.15, 0.2) is 30.9 Å². The number of aliphatic hydroxyl groups is 2. The second-order valence-corrected chi connectivity index (χ2v) is 9.04. The molecule has 0 aromatic heterocycles. The van der Waals surface area contributed by atoms with Gasteiger partial charge in [0.05, 0.1) is 18.3 Å². The quantitative estimate of drug-likeness (QED) is 0.400. The summed E-state index contributed by atoms with van der Waals surface area (Å²) in [7, 11) is 0. The number of ether oxygens (including phenoxy) is 2. The molecule has 1 aliphatic carbocycles. The molecule has 3 unspecified atom stereocenters. The van der Waals surface area contributed by atoms with Gasteiger partial charge in [-0.05, 0) is 37.2 Å². The summed E-state index contributed by atoms with van der Waals surface area (Å²) in [6.07, 6.45) is 3.92. The lowest BCUT2D eigenvalue weighted by Gasteiger charge is -2.21. The van der Waals surface area contributed by atoms with Crippen molar-refractivity contribution < 1.29 is 29.6 Å². The molecule has 30 heavy (non-hydrogen) atoms. The first-order chi connectivity index (χ1) is 14.4. The molecule has 3 aliphatic rings. The molecule has 0 amide bonds. The summed E-state index contributed by atoms with van der Waals surface area (Å²) in [5, 5.41) is 30.4. The number of epoxide rings is 1. The lowest BCUT2D eigenvalue weighted by atomic mass is 9.82. The maximum absolute atomic E-state index is 10.8. The van der Waals surface area contributed by atoms with Crippen LogP contribution in [0, 0.1) is 11.8 Å². The van der Waals surface area contributed by atoms with Crippen LogP contribution < -0.4 is 4.74 Å². The molecule has 3 N–H and O–H groups in total. The number of aliphatic hydroxyl groups excluding tert-OH is 2. The summed E-state index contributed by atoms with van der Waals surface area (Å²) in [5.74, 6) is 0.116. The van der Waals surface area contributed by atoms with Crippen molar-refractivity contribution in [3.05, 3.63) is 42.0 Å². The molecule has 1 saturated carbocycles. The molecule has 1 aromatic carbocycles. The molecule has 164 valence electrons. The SMILES string of the molecule is C=CCCC(C)[C@H](O)C1OC1[C@@H]1[C@H]2c3cccc(CCCC(=O)O)c3O[C@H]2C[C@H]1O. The lowest BCUT2D eigenvalue weighted by molar-refractivity contribution is -0.137. The van der Waals surface area contributed by atoms with Crippen LogP contribution in [0.25, 0.3) is 0 Å². The number of carboxylic acids is 1. The zero-order valence-corrected chi connectivity index (χ0v) is 17.4. The predicted octanol–water partition coefficient (Wildman–Crippen LogP) is 3.05. The van der Waals surface area contributed by atoms with Gasteiger partial charge in [-0.25, -0.2) is 0 Å². The van der Waals surface area contributed by atoms with Crippen LogP contribution in [0.3, 0.4) is 0 Å². The Kier molecular flexibility index (Phi) is 6.19. The summed E-state index contributed by atoms with van der Waals surface area (Å²) >= 11 is 0. The third kappa shape index (κ3) is 4.01. The number of carbonyl (C=O) groups is 1. The van der Waals surface area contributed by atoms with Gasteiger partial charge in [-0.1, -0.05) is 31.2 Å². The standard InChI is InChI=1S/C24H32O6/c1-3-4-7-13(2)21(28)24-23(30-24)20-16(25)12-17-19(20)15-10-5-8-14(22(15)29-17)9-6-11-18(26)27/h3,5,8,10,13,16-17,19-21,23-25,28H,1,4,6-7,9,11-12H2,2H3,(H,26,27)/t13?,16-,17+,19+,20+,21+,23?,24?/m1/s1. The molecular formula is C24H32O6. The summed E-state index contributed by atoms with van der Waals surface area (Å²) < 4.78 is 12.2. The summed E-state index contributed by atoms with van der Waals surface area (Å²) in [5.41, 5.74) is 2.11. The van der Waals surface area contributed by atoms with E-state index in [0.29, 0.717) is 19.3 Å². The van der Waals surface area contributed by atoms with Crippen LogP contribution in [0.1, 0.15) is 56.1 Å². The van der Waals surface area contributed by atoms with Crippen molar-refractivity contribution in [3.8, 4) is 5.75 Å². The molecule has 4 rings (SSSR count). The summed E-state index contributed by atoms with van der Waals surface area (Å²) in [6.45, 7) is 5.77. The molecule has 0 bridgehead atoms. The normalized spacial score (nSPS) is 33.3. The van der Waals surface area contributed by atoms with E-state index >= 15 is 0 Å². The number of hydrogen-bond acceptors (Lipinski definition) is 5. The number of allylic oxidation sites excluding steroid dienone is 1. The molecule has 1 aromatic rings. The number of aliphatic carboxylic acids is 1. The summed E-state index contributed by atoms with van der Waals surface area (Å²) in [4.78, 5) is 10.8. The fraction of sp³-hybridized carbons (Fsp3) is 0.625. The van der Waals surface area contributed by atoms with Crippen molar-refractivity contribution in [2.24, 2.45) is 11.8 Å². The van der Waals surface area contributed by atoms with Crippen molar-refractivity contribution in [2.75, 3.05) is 0 Å². The molecule has 2 fully saturated rings. The van der Waals surface area contributed by atoms with Gasteiger partial charge in [0.2, 0.25) is 0 Å². The van der Waals surface area contributed by atoms with E-state index in [0.717, 1.165) is 29.7 Å².